The van der Waals surface area contributed by atoms with Crippen molar-refractivity contribution in [1.29, 1.82) is 0 Å². The van der Waals surface area contributed by atoms with Gasteiger partial charge in [-0.25, -0.2) is 4.98 Å². The van der Waals surface area contributed by atoms with E-state index in [0.717, 1.165) is 5.69 Å². The van der Waals surface area contributed by atoms with Crippen LogP contribution < -0.4 is 10.6 Å². The van der Waals surface area contributed by atoms with Gasteiger partial charge in [0.1, 0.15) is 0 Å². The smallest absolute Gasteiger partial charge is 0.261 e. The third kappa shape index (κ3) is 5.67. The average molecular weight is 494 g/mol. The van der Waals surface area contributed by atoms with E-state index < -0.39 is 0 Å². The maximum absolute atomic E-state index is 12.4. The molecule has 2 aliphatic rings. The standard InChI is InChI=1S/C20H23N5O4S3/c26-17(5-21-20(29)16-2-1-3-32-16)23-13-4-18(27)25(6-13)15-7-24(8-15)19(28)11-30-9-14-10-31-12-22-14/h1-3,10,12-13,15H,4-9,11H2,(H,21,29)(H,23,26). The second kappa shape index (κ2) is 10.5. The highest BCUT2D eigenvalue weighted by Gasteiger charge is 2.41. The molecule has 2 fully saturated rings. The molecule has 170 valence electrons. The highest BCUT2D eigenvalue weighted by atomic mass is 32.2. The van der Waals surface area contributed by atoms with Crippen molar-refractivity contribution in [2.24, 2.45) is 0 Å². The average Bonchev–Trinajstić information content (AvgIpc) is 3.48. The van der Waals surface area contributed by atoms with Gasteiger partial charge in [0.05, 0.1) is 40.5 Å². The van der Waals surface area contributed by atoms with Gasteiger partial charge in [-0.05, 0) is 11.4 Å². The van der Waals surface area contributed by atoms with Crippen molar-refractivity contribution in [2.45, 2.75) is 24.3 Å². The topological polar surface area (TPSA) is 112 Å². The largest absolute Gasteiger partial charge is 0.350 e. The van der Waals surface area contributed by atoms with E-state index in [-0.39, 0.29) is 48.7 Å². The van der Waals surface area contributed by atoms with Crippen LogP contribution in [0.4, 0.5) is 0 Å². The third-order valence-corrected chi connectivity index (χ3v) is 7.75. The lowest BCUT2D eigenvalue weighted by atomic mass is 10.1. The number of thioether (sulfide) groups is 1. The van der Waals surface area contributed by atoms with Crippen molar-refractivity contribution < 1.29 is 19.2 Å². The summed E-state index contributed by atoms with van der Waals surface area (Å²) in [5.74, 6) is 0.549. The monoisotopic (exact) mass is 493 g/mol. The molecule has 9 nitrogen and oxygen atoms in total. The van der Waals surface area contributed by atoms with Gasteiger partial charge < -0.3 is 20.4 Å². The molecule has 2 aromatic rings. The first-order valence-electron chi connectivity index (χ1n) is 10.1. The van der Waals surface area contributed by atoms with Crippen molar-refractivity contribution in [3.63, 3.8) is 0 Å². The van der Waals surface area contributed by atoms with Crippen LogP contribution in [0.2, 0.25) is 0 Å². The van der Waals surface area contributed by atoms with Gasteiger partial charge in [-0.2, -0.15) is 0 Å². The van der Waals surface area contributed by atoms with E-state index in [1.54, 1.807) is 44.2 Å². The third-order valence-electron chi connectivity index (χ3n) is 5.29. The van der Waals surface area contributed by atoms with Crippen molar-refractivity contribution in [3.05, 3.63) is 39.0 Å². The molecule has 0 bridgehead atoms. The minimum absolute atomic E-state index is 0.00424. The molecule has 0 aliphatic carbocycles. The lowest BCUT2D eigenvalue weighted by molar-refractivity contribution is -0.142. The fraction of sp³-hybridized carbons (Fsp3) is 0.450. The minimum atomic E-state index is -0.322. The number of amides is 4. The zero-order chi connectivity index (χ0) is 22.5. The van der Waals surface area contributed by atoms with E-state index in [9.17, 15) is 19.2 Å². The Morgan fingerprint density at radius 1 is 1.25 bits per heavy atom. The number of carbonyl (C=O) groups excluding carboxylic acids is 4. The number of thiazole rings is 1. The van der Waals surface area contributed by atoms with E-state index >= 15 is 0 Å². The Hall–Kier alpha value is -2.44. The Kier molecular flexibility index (Phi) is 7.43. The molecule has 1 unspecified atom stereocenters. The van der Waals surface area contributed by atoms with Crippen LogP contribution in [0.25, 0.3) is 0 Å². The van der Waals surface area contributed by atoms with E-state index in [4.69, 9.17) is 0 Å². The van der Waals surface area contributed by atoms with Gasteiger partial charge in [-0.1, -0.05) is 6.07 Å². The number of carbonyl (C=O) groups is 4. The summed E-state index contributed by atoms with van der Waals surface area (Å²) in [6.45, 7) is 1.35. The van der Waals surface area contributed by atoms with Gasteiger partial charge in [0.2, 0.25) is 17.7 Å². The molecular formula is C20H23N5O4S3. The Morgan fingerprint density at radius 3 is 2.81 bits per heavy atom. The lowest BCUT2D eigenvalue weighted by Crippen LogP contribution is -2.62. The molecule has 2 saturated heterocycles. The molecule has 2 aromatic heterocycles. The van der Waals surface area contributed by atoms with Crippen LogP contribution in [0.1, 0.15) is 21.8 Å². The quantitative estimate of drug-likeness (QED) is 0.534. The van der Waals surface area contributed by atoms with Gasteiger partial charge in [0.15, 0.2) is 0 Å². The summed E-state index contributed by atoms with van der Waals surface area (Å²) < 4.78 is 0. The number of nitrogens with one attached hydrogen (secondary N) is 2. The van der Waals surface area contributed by atoms with Gasteiger partial charge in [0.25, 0.3) is 5.91 Å². The predicted octanol–water partition coefficient (Wildman–Crippen LogP) is 0.796. The molecule has 4 rings (SSSR count). The Bertz CT molecular complexity index is 960. The summed E-state index contributed by atoms with van der Waals surface area (Å²) in [7, 11) is 0. The highest BCUT2D eigenvalue weighted by Crippen LogP contribution is 2.23. The zero-order valence-corrected chi connectivity index (χ0v) is 19.6. The molecule has 2 aliphatic heterocycles. The molecule has 0 aromatic carbocycles. The molecule has 0 spiro atoms. The molecule has 0 radical (unpaired) electrons. The van der Waals surface area contributed by atoms with Crippen molar-refractivity contribution in [3.8, 4) is 0 Å². The molecular weight excluding hydrogens is 470 g/mol. The second-order valence-electron chi connectivity index (χ2n) is 7.60. The van der Waals surface area contributed by atoms with Gasteiger partial charge in [-0.15, -0.1) is 34.4 Å². The molecule has 4 heterocycles. The fourth-order valence-corrected chi connectivity index (χ4v) is 5.74. The number of rotatable bonds is 9. The maximum atomic E-state index is 12.4. The highest BCUT2D eigenvalue weighted by molar-refractivity contribution is 7.99. The van der Waals surface area contributed by atoms with E-state index in [1.165, 1.54) is 23.1 Å². The van der Waals surface area contributed by atoms with Crippen LogP contribution in [0.3, 0.4) is 0 Å². The van der Waals surface area contributed by atoms with Crippen molar-refractivity contribution in [1.82, 2.24) is 25.4 Å². The number of hydrogen-bond acceptors (Lipinski definition) is 8. The molecule has 12 heteroatoms. The normalized spacial score (nSPS) is 18.5. The summed E-state index contributed by atoms with van der Waals surface area (Å²) in [4.78, 5) is 57.0. The molecule has 32 heavy (non-hydrogen) atoms. The van der Waals surface area contributed by atoms with Gasteiger partial charge in [0, 0.05) is 37.2 Å². The molecule has 4 amide bonds. The van der Waals surface area contributed by atoms with Crippen LogP contribution in [0.5, 0.6) is 0 Å². The van der Waals surface area contributed by atoms with E-state index in [1.807, 2.05) is 5.38 Å². The summed E-state index contributed by atoms with van der Waals surface area (Å²) >= 11 is 4.39. The van der Waals surface area contributed by atoms with Crippen LogP contribution >= 0.6 is 34.4 Å². The minimum Gasteiger partial charge on any atom is -0.350 e. The van der Waals surface area contributed by atoms with Crippen LogP contribution in [-0.2, 0) is 20.1 Å². The number of hydrogen-bond donors (Lipinski definition) is 2. The Morgan fingerprint density at radius 2 is 2.09 bits per heavy atom. The summed E-state index contributed by atoms with van der Waals surface area (Å²) in [5, 5.41) is 9.17. The molecule has 1 atom stereocenters. The first-order chi connectivity index (χ1) is 15.5. The predicted molar refractivity (Wildman–Crippen MR) is 124 cm³/mol. The van der Waals surface area contributed by atoms with E-state index in [2.05, 4.69) is 15.6 Å². The Labute approximate surface area is 197 Å². The second-order valence-corrected chi connectivity index (χ2v) is 10.3. The van der Waals surface area contributed by atoms with Crippen LogP contribution in [0.15, 0.2) is 28.4 Å². The first kappa shape index (κ1) is 22.7. The molecule has 2 N–H and O–H groups in total. The van der Waals surface area contributed by atoms with Gasteiger partial charge >= 0.3 is 0 Å². The molecule has 0 saturated carbocycles. The SMILES string of the molecule is O=C(CNC(=O)c1cccs1)NC1CC(=O)N(C2CN(C(=O)CSCc3cscn3)C2)C1. The van der Waals surface area contributed by atoms with Gasteiger partial charge in [-0.3, -0.25) is 19.2 Å². The fourth-order valence-electron chi connectivity index (χ4n) is 3.61. The summed E-state index contributed by atoms with van der Waals surface area (Å²) in [6, 6.07) is 3.18. The lowest BCUT2D eigenvalue weighted by Gasteiger charge is -2.44. The van der Waals surface area contributed by atoms with Crippen LogP contribution in [-0.4, -0.2) is 82.4 Å². The zero-order valence-electron chi connectivity index (χ0n) is 17.2. The number of nitrogens with zero attached hydrogens (tertiary/aromatic N) is 3. The number of aromatic nitrogens is 1. The summed E-state index contributed by atoms with van der Waals surface area (Å²) in [6.07, 6.45) is 0.235. The Balaban J connectivity index is 1.14. The maximum Gasteiger partial charge on any atom is 0.261 e. The number of likely N-dealkylation sites (tertiary alicyclic amines) is 2. The summed E-state index contributed by atoms with van der Waals surface area (Å²) in [5.41, 5.74) is 2.76. The van der Waals surface area contributed by atoms with Crippen molar-refractivity contribution >= 4 is 58.1 Å². The first-order valence-corrected chi connectivity index (χ1v) is 13.1. The number of thiophene rings is 1. The van der Waals surface area contributed by atoms with E-state index in [0.29, 0.717) is 36.0 Å². The van der Waals surface area contributed by atoms with Crippen molar-refractivity contribution in [2.75, 3.05) is 31.9 Å². The van der Waals surface area contributed by atoms with Crippen LogP contribution in [0, 0.1) is 0 Å².